The largest absolute Gasteiger partial charge is 0.383 e. The number of rotatable bonds is 6. The minimum atomic E-state index is 0.0775. The van der Waals surface area contributed by atoms with Crippen molar-refractivity contribution >= 4 is 5.82 Å². The molecule has 4 nitrogen and oxygen atoms in total. The van der Waals surface area contributed by atoms with Crippen LogP contribution in [0.3, 0.4) is 0 Å². The zero-order valence-electron chi connectivity index (χ0n) is 12.0. The Hall–Kier alpha value is -1.13. The molecule has 0 aliphatic carbocycles. The molecule has 0 aliphatic heterocycles. The molecule has 2 unspecified atom stereocenters. The highest BCUT2D eigenvalue weighted by Crippen LogP contribution is 2.29. The monoisotopic (exact) mass is 251 g/mol. The van der Waals surface area contributed by atoms with Crippen LogP contribution in [-0.4, -0.2) is 24.7 Å². The van der Waals surface area contributed by atoms with E-state index in [-0.39, 0.29) is 12.1 Å². The van der Waals surface area contributed by atoms with Gasteiger partial charge in [-0.2, -0.15) is 0 Å². The second-order valence-corrected chi connectivity index (χ2v) is 4.91. The molecule has 1 heterocycles. The number of nitrogens with two attached hydrogens (primary N) is 1. The maximum absolute atomic E-state index is 6.04. The van der Waals surface area contributed by atoms with Gasteiger partial charge in [0.25, 0.3) is 0 Å². The maximum atomic E-state index is 6.04. The van der Waals surface area contributed by atoms with Gasteiger partial charge in [-0.15, -0.1) is 0 Å². The van der Waals surface area contributed by atoms with Crippen LogP contribution in [-0.2, 0) is 4.74 Å². The van der Waals surface area contributed by atoms with Gasteiger partial charge in [0, 0.05) is 18.9 Å². The van der Waals surface area contributed by atoms with Crippen molar-refractivity contribution in [2.45, 2.75) is 39.8 Å². The smallest absolute Gasteiger partial charge is 0.128 e. The lowest BCUT2D eigenvalue weighted by Gasteiger charge is -2.31. The Bertz CT molecular complexity index is 359. The number of nitrogens with one attached hydrogen (secondary N) is 1. The summed E-state index contributed by atoms with van der Waals surface area (Å²) in [6, 6.07) is 2.07. The fourth-order valence-electron chi connectivity index (χ4n) is 2.39. The Kier molecular flexibility index (Phi) is 5.56. The summed E-state index contributed by atoms with van der Waals surface area (Å²) in [5.74, 6) is 0.988. The molecule has 3 N–H and O–H groups in total. The summed E-state index contributed by atoms with van der Waals surface area (Å²) in [5.41, 5.74) is 8.24. The molecule has 0 amide bonds. The van der Waals surface area contributed by atoms with E-state index < -0.39 is 0 Å². The molecule has 18 heavy (non-hydrogen) atoms. The number of pyridine rings is 1. The molecule has 4 heteroatoms. The highest BCUT2D eigenvalue weighted by molar-refractivity contribution is 5.46. The highest BCUT2D eigenvalue weighted by Gasteiger charge is 2.28. The minimum Gasteiger partial charge on any atom is -0.383 e. The van der Waals surface area contributed by atoms with Gasteiger partial charge in [-0.1, -0.05) is 20.8 Å². The summed E-state index contributed by atoms with van der Waals surface area (Å²) >= 11 is 0. The summed E-state index contributed by atoms with van der Waals surface area (Å²) in [6.45, 7) is 9.32. The molecule has 1 aromatic heterocycles. The minimum absolute atomic E-state index is 0.0775. The molecule has 0 aromatic carbocycles. The van der Waals surface area contributed by atoms with E-state index in [0.29, 0.717) is 11.7 Å². The van der Waals surface area contributed by atoms with Crippen molar-refractivity contribution in [2.75, 3.05) is 19.4 Å². The Morgan fingerprint density at radius 2 is 2.11 bits per heavy atom. The average molecular weight is 251 g/mol. The van der Waals surface area contributed by atoms with Crippen molar-refractivity contribution < 1.29 is 4.74 Å². The number of aryl methyl sites for hydroxylation is 1. The molecule has 102 valence electrons. The molecule has 1 aromatic rings. The van der Waals surface area contributed by atoms with Gasteiger partial charge >= 0.3 is 0 Å². The van der Waals surface area contributed by atoms with Gasteiger partial charge in [0.05, 0.1) is 12.1 Å². The predicted octanol–water partition coefficient (Wildman–Crippen LogP) is 2.29. The van der Waals surface area contributed by atoms with E-state index in [1.54, 1.807) is 13.3 Å². The summed E-state index contributed by atoms with van der Waals surface area (Å²) < 4.78 is 5.65. The van der Waals surface area contributed by atoms with Crippen LogP contribution in [0.25, 0.3) is 0 Å². The lowest BCUT2D eigenvalue weighted by atomic mass is 9.91. The predicted molar refractivity (Wildman–Crippen MR) is 75.4 cm³/mol. The van der Waals surface area contributed by atoms with Crippen molar-refractivity contribution in [3.05, 3.63) is 23.4 Å². The van der Waals surface area contributed by atoms with E-state index in [0.717, 1.165) is 17.7 Å². The normalized spacial score (nSPS) is 14.8. The number of aromatic nitrogens is 1. The van der Waals surface area contributed by atoms with Crippen LogP contribution >= 0.6 is 0 Å². The van der Waals surface area contributed by atoms with E-state index in [1.807, 2.05) is 6.07 Å². The second-order valence-electron chi connectivity index (χ2n) is 4.91. The number of methoxy groups -OCH3 is 1. The summed E-state index contributed by atoms with van der Waals surface area (Å²) in [4.78, 5) is 4.20. The van der Waals surface area contributed by atoms with E-state index >= 15 is 0 Å². The topological polar surface area (TPSA) is 60.2 Å². The molecule has 0 saturated carbocycles. The fraction of sp³-hybridized carbons (Fsp3) is 0.643. The van der Waals surface area contributed by atoms with Crippen LogP contribution in [0, 0.1) is 12.8 Å². The van der Waals surface area contributed by atoms with Gasteiger partial charge in [-0.3, -0.25) is 0 Å². The Labute approximate surface area is 110 Å². The van der Waals surface area contributed by atoms with Crippen LogP contribution in [0.4, 0.5) is 5.82 Å². The third kappa shape index (κ3) is 3.21. The van der Waals surface area contributed by atoms with E-state index in [4.69, 9.17) is 10.5 Å². The molecule has 1 rings (SSSR count). The number of anilines is 1. The molecule has 0 radical (unpaired) electrons. The number of hydrogen-bond donors (Lipinski definition) is 2. The first kappa shape index (κ1) is 14.9. The van der Waals surface area contributed by atoms with Gasteiger partial charge in [0.1, 0.15) is 5.82 Å². The number of likely N-dealkylation sites (N-methyl/N-ethyl adjacent to an activating group) is 1. The average Bonchev–Trinajstić information content (AvgIpc) is 2.29. The molecule has 0 spiro atoms. The van der Waals surface area contributed by atoms with E-state index in [1.165, 1.54) is 0 Å². The lowest BCUT2D eigenvalue weighted by molar-refractivity contribution is 0.0330. The van der Waals surface area contributed by atoms with Crippen LogP contribution in [0.15, 0.2) is 12.3 Å². The van der Waals surface area contributed by atoms with Crippen LogP contribution in [0.2, 0.25) is 0 Å². The van der Waals surface area contributed by atoms with Crippen LogP contribution < -0.4 is 11.1 Å². The fourth-order valence-corrected chi connectivity index (χ4v) is 2.39. The maximum Gasteiger partial charge on any atom is 0.128 e. The van der Waals surface area contributed by atoms with Crippen molar-refractivity contribution in [2.24, 2.45) is 5.92 Å². The number of hydrogen-bond acceptors (Lipinski definition) is 4. The number of nitrogens with zero attached hydrogens (tertiary/aromatic N) is 1. The number of ether oxygens (including phenoxy) is 1. The molecule has 0 aliphatic rings. The second kappa shape index (κ2) is 6.71. The molecule has 0 fully saturated rings. The summed E-state index contributed by atoms with van der Waals surface area (Å²) in [5, 5.41) is 3.47. The first-order valence-corrected chi connectivity index (χ1v) is 6.50. The summed E-state index contributed by atoms with van der Waals surface area (Å²) in [7, 11) is 1.75. The SMILES string of the molecule is CCNC(c1c(C)ccnc1N)C(OC)C(C)C. The summed E-state index contributed by atoms with van der Waals surface area (Å²) in [6.07, 6.45) is 1.82. The first-order chi connectivity index (χ1) is 8.52. The zero-order valence-corrected chi connectivity index (χ0v) is 12.0. The third-order valence-corrected chi connectivity index (χ3v) is 3.23. The van der Waals surface area contributed by atoms with Crippen molar-refractivity contribution in [1.82, 2.24) is 10.3 Å². The molecular formula is C14H25N3O. The molecule has 0 bridgehead atoms. The Morgan fingerprint density at radius 1 is 1.44 bits per heavy atom. The Morgan fingerprint density at radius 3 is 2.56 bits per heavy atom. The van der Waals surface area contributed by atoms with Gasteiger partial charge in [-0.05, 0) is 31.0 Å². The van der Waals surface area contributed by atoms with Gasteiger partial charge in [-0.25, -0.2) is 4.98 Å². The van der Waals surface area contributed by atoms with Gasteiger partial charge in [0.2, 0.25) is 0 Å². The highest BCUT2D eigenvalue weighted by atomic mass is 16.5. The van der Waals surface area contributed by atoms with Crippen molar-refractivity contribution in [3.63, 3.8) is 0 Å². The zero-order chi connectivity index (χ0) is 13.7. The lowest BCUT2D eigenvalue weighted by Crippen LogP contribution is -2.37. The van der Waals surface area contributed by atoms with E-state index in [9.17, 15) is 0 Å². The quantitative estimate of drug-likeness (QED) is 0.814. The van der Waals surface area contributed by atoms with E-state index in [2.05, 4.69) is 38.0 Å². The standard InChI is InChI=1S/C14H25N3O/c1-6-16-12(13(18-5)9(2)3)11-10(4)7-8-17-14(11)15/h7-9,12-13,16H,6H2,1-5H3,(H2,15,17). The van der Waals surface area contributed by atoms with Crippen LogP contribution in [0.1, 0.15) is 37.9 Å². The third-order valence-electron chi connectivity index (χ3n) is 3.23. The van der Waals surface area contributed by atoms with Crippen molar-refractivity contribution in [3.8, 4) is 0 Å². The Balaban J connectivity index is 3.18. The molecule has 2 atom stereocenters. The van der Waals surface area contributed by atoms with Crippen LogP contribution in [0.5, 0.6) is 0 Å². The number of nitrogen functional groups attached to an aromatic ring is 1. The van der Waals surface area contributed by atoms with Gasteiger partial charge in [0.15, 0.2) is 0 Å². The van der Waals surface area contributed by atoms with Crippen molar-refractivity contribution in [1.29, 1.82) is 0 Å². The first-order valence-electron chi connectivity index (χ1n) is 6.50. The molecular weight excluding hydrogens is 226 g/mol. The van der Waals surface area contributed by atoms with Gasteiger partial charge < -0.3 is 15.8 Å². The molecule has 0 saturated heterocycles.